The molecule has 1 amide bonds. The molecule has 4 nitrogen and oxygen atoms in total. The van der Waals surface area contributed by atoms with Gasteiger partial charge in [-0.05, 0) is 32.7 Å². The molecule has 2 N–H and O–H groups in total. The number of aromatic nitrogens is 1. The first-order valence-corrected chi connectivity index (χ1v) is 7.94. The Morgan fingerprint density at radius 1 is 1.63 bits per heavy atom. The summed E-state index contributed by atoms with van der Waals surface area (Å²) < 4.78 is 0. The van der Waals surface area contributed by atoms with Crippen molar-refractivity contribution in [3.63, 3.8) is 0 Å². The standard InChI is InChI=1S/C14H23N3OS/c1-3-5-14(6-4-7-15-9-14)13(18)16-8-12-11(2)17-10-19-12/h10,15H,3-9H2,1-2H3,(H,16,18). The number of rotatable bonds is 5. The van der Waals surface area contributed by atoms with Crippen molar-refractivity contribution < 1.29 is 4.79 Å². The van der Waals surface area contributed by atoms with Gasteiger partial charge in [-0.3, -0.25) is 4.79 Å². The molecule has 1 atom stereocenters. The predicted molar refractivity (Wildman–Crippen MR) is 78.1 cm³/mol. The smallest absolute Gasteiger partial charge is 0.227 e. The quantitative estimate of drug-likeness (QED) is 0.870. The Hall–Kier alpha value is -0.940. The second kappa shape index (κ2) is 6.48. The lowest BCUT2D eigenvalue weighted by molar-refractivity contribution is -0.132. The van der Waals surface area contributed by atoms with Crippen LogP contribution < -0.4 is 10.6 Å². The lowest BCUT2D eigenvalue weighted by Crippen LogP contribution is -2.50. The Morgan fingerprint density at radius 3 is 3.05 bits per heavy atom. The van der Waals surface area contributed by atoms with Crippen molar-refractivity contribution in [1.29, 1.82) is 0 Å². The molecule has 19 heavy (non-hydrogen) atoms. The normalized spacial score (nSPS) is 23.3. The van der Waals surface area contributed by atoms with E-state index in [4.69, 9.17) is 0 Å². The largest absolute Gasteiger partial charge is 0.351 e. The van der Waals surface area contributed by atoms with E-state index in [9.17, 15) is 4.79 Å². The molecule has 0 radical (unpaired) electrons. The lowest BCUT2D eigenvalue weighted by atomic mass is 9.76. The third-order valence-corrected chi connectivity index (χ3v) is 4.87. The highest BCUT2D eigenvalue weighted by atomic mass is 32.1. The van der Waals surface area contributed by atoms with Crippen LogP contribution in [0.5, 0.6) is 0 Å². The van der Waals surface area contributed by atoms with Crippen LogP contribution in [0.4, 0.5) is 0 Å². The van der Waals surface area contributed by atoms with Gasteiger partial charge >= 0.3 is 0 Å². The average Bonchev–Trinajstić information content (AvgIpc) is 2.83. The summed E-state index contributed by atoms with van der Waals surface area (Å²) in [5, 5.41) is 6.49. The number of nitrogens with zero attached hydrogens (tertiary/aromatic N) is 1. The zero-order valence-corrected chi connectivity index (χ0v) is 12.6. The fourth-order valence-electron chi connectivity index (χ4n) is 2.81. The zero-order valence-electron chi connectivity index (χ0n) is 11.8. The second-order valence-electron chi connectivity index (χ2n) is 5.35. The minimum absolute atomic E-state index is 0.203. The van der Waals surface area contributed by atoms with Gasteiger partial charge in [0.15, 0.2) is 0 Å². The number of amides is 1. The Kier molecular flexibility index (Phi) is 4.93. The van der Waals surface area contributed by atoms with E-state index in [1.807, 2.05) is 12.4 Å². The molecule has 1 aliphatic rings. The Morgan fingerprint density at radius 2 is 2.47 bits per heavy atom. The number of hydrogen-bond acceptors (Lipinski definition) is 4. The number of carbonyl (C=O) groups is 1. The van der Waals surface area contributed by atoms with E-state index < -0.39 is 0 Å². The van der Waals surface area contributed by atoms with Gasteiger partial charge in [-0.1, -0.05) is 13.3 Å². The minimum Gasteiger partial charge on any atom is -0.351 e. The molecular weight excluding hydrogens is 258 g/mol. The van der Waals surface area contributed by atoms with Crippen molar-refractivity contribution in [3.8, 4) is 0 Å². The first-order chi connectivity index (χ1) is 9.18. The van der Waals surface area contributed by atoms with Crippen LogP contribution >= 0.6 is 11.3 Å². The maximum absolute atomic E-state index is 12.5. The van der Waals surface area contributed by atoms with Gasteiger partial charge in [0, 0.05) is 11.4 Å². The van der Waals surface area contributed by atoms with Gasteiger partial charge in [-0.15, -0.1) is 11.3 Å². The summed E-state index contributed by atoms with van der Waals surface area (Å²) in [7, 11) is 0. The summed E-state index contributed by atoms with van der Waals surface area (Å²) in [5.41, 5.74) is 2.66. The van der Waals surface area contributed by atoms with Crippen LogP contribution in [0, 0.1) is 12.3 Å². The number of hydrogen-bond donors (Lipinski definition) is 2. The molecule has 5 heteroatoms. The van der Waals surface area contributed by atoms with E-state index >= 15 is 0 Å². The molecule has 0 aromatic carbocycles. The van der Waals surface area contributed by atoms with E-state index in [-0.39, 0.29) is 11.3 Å². The van der Waals surface area contributed by atoms with Crippen LogP contribution in [-0.4, -0.2) is 24.0 Å². The first kappa shape index (κ1) is 14.5. The average molecular weight is 281 g/mol. The van der Waals surface area contributed by atoms with E-state index in [1.165, 1.54) is 0 Å². The maximum atomic E-state index is 12.5. The minimum atomic E-state index is -0.203. The Bertz CT molecular complexity index is 419. The highest BCUT2D eigenvalue weighted by Crippen LogP contribution is 2.32. The van der Waals surface area contributed by atoms with Crippen molar-refractivity contribution >= 4 is 17.2 Å². The van der Waals surface area contributed by atoms with Crippen LogP contribution in [-0.2, 0) is 11.3 Å². The van der Waals surface area contributed by atoms with E-state index in [0.717, 1.165) is 49.3 Å². The summed E-state index contributed by atoms with van der Waals surface area (Å²) in [6, 6.07) is 0. The predicted octanol–water partition coefficient (Wildman–Crippen LogP) is 2.24. The van der Waals surface area contributed by atoms with Gasteiger partial charge in [0.05, 0.1) is 23.2 Å². The summed E-state index contributed by atoms with van der Waals surface area (Å²) in [6.07, 6.45) is 4.11. The molecule has 2 heterocycles. The number of thiazole rings is 1. The summed E-state index contributed by atoms with van der Waals surface area (Å²) >= 11 is 1.61. The number of carbonyl (C=O) groups excluding carboxylic acids is 1. The van der Waals surface area contributed by atoms with Crippen molar-refractivity contribution in [2.24, 2.45) is 5.41 Å². The molecule has 1 unspecified atom stereocenters. The summed E-state index contributed by atoms with van der Waals surface area (Å²) in [6.45, 7) is 6.60. The van der Waals surface area contributed by atoms with Crippen molar-refractivity contribution in [1.82, 2.24) is 15.6 Å². The van der Waals surface area contributed by atoms with E-state index in [2.05, 4.69) is 22.5 Å². The Balaban J connectivity index is 1.97. The van der Waals surface area contributed by atoms with Crippen LogP contribution in [0.2, 0.25) is 0 Å². The fraction of sp³-hybridized carbons (Fsp3) is 0.714. The number of nitrogens with one attached hydrogen (secondary N) is 2. The number of piperidine rings is 1. The molecule has 1 aromatic rings. The summed E-state index contributed by atoms with van der Waals surface area (Å²) in [4.78, 5) is 17.9. The monoisotopic (exact) mass is 281 g/mol. The SMILES string of the molecule is CCCC1(C(=O)NCc2scnc2C)CCCNC1. The van der Waals surface area contributed by atoms with Crippen molar-refractivity contribution in [3.05, 3.63) is 16.1 Å². The molecule has 1 aromatic heterocycles. The molecule has 0 spiro atoms. The van der Waals surface area contributed by atoms with Crippen molar-refractivity contribution in [2.75, 3.05) is 13.1 Å². The second-order valence-corrected chi connectivity index (χ2v) is 6.29. The van der Waals surface area contributed by atoms with Crippen LogP contribution in [0.1, 0.15) is 43.2 Å². The van der Waals surface area contributed by atoms with Crippen LogP contribution in [0.15, 0.2) is 5.51 Å². The summed E-state index contributed by atoms with van der Waals surface area (Å²) in [5.74, 6) is 0.203. The first-order valence-electron chi connectivity index (χ1n) is 7.06. The molecule has 0 bridgehead atoms. The molecular formula is C14H23N3OS. The van der Waals surface area contributed by atoms with Gasteiger partial charge in [-0.25, -0.2) is 4.98 Å². The zero-order chi connectivity index (χ0) is 13.7. The van der Waals surface area contributed by atoms with E-state index in [0.29, 0.717) is 6.54 Å². The molecule has 1 saturated heterocycles. The highest BCUT2D eigenvalue weighted by molar-refractivity contribution is 7.09. The molecule has 0 saturated carbocycles. The van der Waals surface area contributed by atoms with Gasteiger partial charge in [0.2, 0.25) is 5.91 Å². The van der Waals surface area contributed by atoms with Crippen LogP contribution in [0.25, 0.3) is 0 Å². The molecule has 2 rings (SSSR count). The third-order valence-electron chi connectivity index (χ3n) is 3.94. The van der Waals surface area contributed by atoms with Gasteiger partial charge < -0.3 is 10.6 Å². The fourth-order valence-corrected chi connectivity index (χ4v) is 3.53. The van der Waals surface area contributed by atoms with Gasteiger partial charge in [-0.2, -0.15) is 0 Å². The highest BCUT2D eigenvalue weighted by Gasteiger charge is 2.38. The van der Waals surface area contributed by atoms with Crippen LogP contribution in [0.3, 0.4) is 0 Å². The Labute approximate surface area is 119 Å². The lowest BCUT2D eigenvalue weighted by Gasteiger charge is -2.36. The maximum Gasteiger partial charge on any atom is 0.227 e. The topological polar surface area (TPSA) is 54.0 Å². The molecule has 1 fully saturated rings. The van der Waals surface area contributed by atoms with E-state index in [1.54, 1.807) is 11.3 Å². The number of aryl methyl sites for hydroxylation is 1. The van der Waals surface area contributed by atoms with Gasteiger partial charge in [0.25, 0.3) is 0 Å². The third kappa shape index (κ3) is 3.34. The van der Waals surface area contributed by atoms with Gasteiger partial charge in [0.1, 0.15) is 0 Å². The molecule has 0 aliphatic carbocycles. The molecule has 106 valence electrons. The van der Waals surface area contributed by atoms with Crippen molar-refractivity contribution in [2.45, 2.75) is 46.1 Å². The molecule has 1 aliphatic heterocycles.